The number of methoxy groups -OCH3 is 1. The molecule has 3 aliphatic heterocycles. The number of anilines is 1. The first-order valence-electron chi connectivity index (χ1n) is 10.2. The molecule has 0 spiro atoms. The van der Waals surface area contributed by atoms with Crippen LogP contribution >= 0.6 is 23.2 Å². The number of fused-ring (bicyclic) bond motifs is 3. The van der Waals surface area contributed by atoms with Gasteiger partial charge in [-0.25, -0.2) is 9.79 Å². The number of benzene rings is 2. The fraction of sp³-hybridized carbons (Fsp3) is 0.318. The summed E-state index contributed by atoms with van der Waals surface area (Å²) in [6.07, 6.45) is -0.584. The zero-order chi connectivity index (χ0) is 22.6. The number of imide groups is 1. The number of carbonyl (C=O) groups is 2. The van der Waals surface area contributed by atoms with E-state index in [0.717, 1.165) is 11.4 Å². The predicted octanol–water partition coefficient (Wildman–Crippen LogP) is 3.28. The molecule has 2 aromatic rings. The molecule has 0 bridgehead atoms. The molecule has 3 aliphatic rings. The first-order chi connectivity index (χ1) is 15.4. The molecule has 0 aliphatic carbocycles. The first kappa shape index (κ1) is 20.9. The molecule has 10 heteroatoms. The van der Waals surface area contributed by atoms with E-state index < -0.39 is 18.2 Å². The Kier molecular flexibility index (Phi) is 5.14. The number of hydrogen-bond donors (Lipinski definition) is 0. The first-order valence-corrected chi connectivity index (χ1v) is 10.9. The van der Waals surface area contributed by atoms with E-state index in [9.17, 15) is 9.59 Å². The second-order valence-electron chi connectivity index (χ2n) is 7.86. The van der Waals surface area contributed by atoms with Crippen molar-refractivity contribution < 1.29 is 14.3 Å². The second-order valence-corrected chi connectivity index (χ2v) is 8.70. The van der Waals surface area contributed by atoms with Crippen LogP contribution in [0.15, 0.2) is 47.5 Å². The van der Waals surface area contributed by atoms with Gasteiger partial charge < -0.3 is 19.4 Å². The largest absolute Gasteiger partial charge is 0.495 e. The molecule has 3 amide bonds. The van der Waals surface area contributed by atoms with E-state index in [1.807, 2.05) is 34.1 Å². The number of nitrogens with zero attached hydrogens (tertiary/aromatic N) is 5. The molecular formula is C22H21Cl2N5O3. The Balaban J connectivity index is 1.45. The molecule has 0 aromatic heterocycles. The van der Waals surface area contributed by atoms with Crippen molar-refractivity contribution >= 4 is 46.8 Å². The van der Waals surface area contributed by atoms with E-state index in [2.05, 4.69) is 0 Å². The fourth-order valence-electron chi connectivity index (χ4n) is 4.48. The normalized spacial score (nSPS) is 22.3. The van der Waals surface area contributed by atoms with Crippen molar-refractivity contribution in [3.63, 3.8) is 0 Å². The van der Waals surface area contributed by atoms with Gasteiger partial charge in [-0.1, -0.05) is 41.4 Å². The van der Waals surface area contributed by atoms with Gasteiger partial charge in [-0.05, 0) is 29.8 Å². The summed E-state index contributed by atoms with van der Waals surface area (Å²) in [6.45, 7) is 1.35. The number of rotatable bonds is 4. The molecule has 2 atom stereocenters. The molecule has 32 heavy (non-hydrogen) atoms. The number of urea groups is 1. The van der Waals surface area contributed by atoms with E-state index in [1.165, 1.54) is 9.80 Å². The highest BCUT2D eigenvalue weighted by atomic mass is 35.5. The van der Waals surface area contributed by atoms with Crippen LogP contribution in [0.5, 0.6) is 5.75 Å². The summed E-state index contributed by atoms with van der Waals surface area (Å²) in [5.74, 6) is 1.11. The Bertz CT molecular complexity index is 1140. The molecule has 2 aromatic carbocycles. The monoisotopic (exact) mass is 473 g/mol. The third-order valence-corrected chi connectivity index (χ3v) is 6.68. The van der Waals surface area contributed by atoms with Crippen molar-refractivity contribution in [2.45, 2.75) is 18.8 Å². The Labute approximate surface area is 195 Å². The molecule has 0 radical (unpaired) electrons. The van der Waals surface area contributed by atoms with Gasteiger partial charge in [0.05, 0.1) is 19.3 Å². The highest BCUT2D eigenvalue weighted by molar-refractivity contribution is 6.35. The number of hydrogen-bond acceptors (Lipinski definition) is 6. The molecule has 0 N–H and O–H groups in total. The van der Waals surface area contributed by atoms with Crippen LogP contribution < -0.4 is 9.64 Å². The van der Waals surface area contributed by atoms with Crippen molar-refractivity contribution in [1.82, 2.24) is 14.7 Å². The lowest BCUT2D eigenvalue weighted by atomic mass is 10.1. The molecular weight excluding hydrogens is 453 g/mol. The summed E-state index contributed by atoms with van der Waals surface area (Å²) in [4.78, 5) is 38.1. The van der Waals surface area contributed by atoms with Crippen molar-refractivity contribution in [3.8, 4) is 5.75 Å². The van der Waals surface area contributed by atoms with Crippen molar-refractivity contribution in [2.75, 3.05) is 32.1 Å². The van der Waals surface area contributed by atoms with Crippen molar-refractivity contribution in [3.05, 3.63) is 58.1 Å². The van der Waals surface area contributed by atoms with Crippen LogP contribution in [-0.2, 0) is 11.3 Å². The summed E-state index contributed by atoms with van der Waals surface area (Å²) in [5.41, 5.74) is 1.53. The number of halogens is 2. The zero-order valence-electron chi connectivity index (χ0n) is 17.5. The van der Waals surface area contributed by atoms with E-state index in [4.69, 9.17) is 32.9 Å². The van der Waals surface area contributed by atoms with Gasteiger partial charge in [-0.3, -0.25) is 9.69 Å². The molecule has 0 saturated carbocycles. The summed E-state index contributed by atoms with van der Waals surface area (Å²) in [7, 11) is 3.29. The molecule has 2 unspecified atom stereocenters. The number of carbonyl (C=O) groups excluding carboxylic acids is 2. The van der Waals surface area contributed by atoms with Gasteiger partial charge in [-0.2, -0.15) is 0 Å². The van der Waals surface area contributed by atoms with Gasteiger partial charge in [0.1, 0.15) is 5.75 Å². The molecule has 2 saturated heterocycles. The summed E-state index contributed by atoms with van der Waals surface area (Å²) in [6, 6.07) is 11.7. The maximum absolute atomic E-state index is 13.5. The number of likely N-dealkylation sites (N-methyl/N-ethyl adjacent to an activating group) is 1. The Morgan fingerprint density at radius 2 is 1.91 bits per heavy atom. The molecule has 5 rings (SSSR count). The molecule has 3 heterocycles. The van der Waals surface area contributed by atoms with Crippen LogP contribution in [0.3, 0.4) is 0 Å². The smallest absolute Gasteiger partial charge is 0.328 e. The van der Waals surface area contributed by atoms with Crippen LogP contribution in [0.4, 0.5) is 10.5 Å². The lowest BCUT2D eigenvalue weighted by Gasteiger charge is -2.40. The Morgan fingerprint density at radius 3 is 2.66 bits per heavy atom. The van der Waals surface area contributed by atoms with Crippen LogP contribution in [0, 0.1) is 0 Å². The van der Waals surface area contributed by atoms with Crippen LogP contribution in [0.25, 0.3) is 0 Å². The summed E-state index contributed by atoms with van der Waals surface area (Å²) >= 11 is 12.3. The Morgan fingerprint density at radius 1 is 1.12 bits per heavy atom. The van der Waals surface area contributed by atoms with Crippen LogP contribution in [0.1, 0.15) is 5.56 Å². The summed E-state index contributed by atoms with van der Waals surface area (Å²) < 4.78 is 5.51. The van der Waals surface area contributed by atoms with Crippen LogP contribution in [-0.4, -0.2) is 72.1 Å². The van der Waals surface area contributed by atoms with Gasteiger partial charge in [-0.15, -0.1) is 0 Å². The maximum Gasteiger partial charge on any atom is 0.328 e. The minimum absolute atomic E-state index is 0.0701. The average molecular weight is 474 g/mol. The van der Waals surface area contributed by atoms with Gasteiger partial charge in [0.15, 0.2) is 12.2 Å². The van der Waals surface area contributed by atoms with E-state index >= 15 is 0 Å². The highest BCUT2D eigenvalue weighted by Crippen LogP contribution is 2.37. The van der Waals surface area contributed by atoms with Gasteiger partial charge in [0.2, 0.25) is 5.96 Å². The lowest BCUT2D eigenvalue weighted by molar-refractivity contribution is -0.137. The summed E-state index contributed by atoms with van der Waals surface area (Å²) in [5, 5.41) is 0.907. The quantitative estimate of drug-likeness (QED) is 0.681. The van der Waals surface area contributed by atoms with Crippen molar-refractivity contribution in [2.24, 2.45) is 4.99 Å². The van der Waals surface area contributed by atoms with Crippen molar-refractivity contribution in [1.29, 1.82) is 0 Å². The minimum Gasteiger partial charge on any atom is -0.495 e. The predicted molar refractivity (Wildman–Crippen MR) is 122 cm³/mol. The van der Waals surface area contributed by atoms with E-state index in [1.54, 1.807) is 32.4 Å². The SMILES string of the molecule is COc1ccccc1N1CCN2C1=NC1C2C(=O)N(Cc2ccc(Cl)cc2Cl)C(=O)N1C. The van der Waals surface area contributed by atoms with Crippen LogP contribution in [0.2, 0.25) is 10.0 Å². The minimum atomic E-state index is -0.585. The van der Waals surface area contributed by atoms with E-state index in [0.29, 0.717) is 34.7 Å². The average Bonchev–Trinajstić information content (AvgIpc) is 3.36. The second kappa shape index (κ2) is 7.86. The van der Waals surface area contributed by atoms with Gasteiger partial charge in [0, 0.05) is 30.2 Å². The van der Waals surface area contributed by atoms with Gasteiger partial charge in [0.25, 0.3) is 5.91 Å². The maximum atomic E-state index is 13.5. The standard InChI is InChI=1S/C22H21Cl2N5O3/c1-26-19-18(20(30)29(22(26)31)12-13-7-8-14(23)11-15(13)24)28-10-9-27(21(28)25-19)16-5-3-4-6-17(16)32-2/h3-8,11,18-19H,9-10,12H2,1-2H3. The fourth-order valence-corrected chi connectivity index (χ4v) is 4.95. The highest BCUT2D eigenvalue weighted by Gasteiger charge is 2.54. The topological polar surface area (TPSA) is 68.7 Å². The zero-order valence-corrected chi connectivity index (χ0v) is 19.0. The molecule has 8 nitrogen and oxygen atoms in total. The number of aliphatic imine (C=N–C) groups is 1. The number of amides is 3. The third kappa shape index (κ3) is 3.17. The van der Waals surface area contributed by atoms with Gasteiger partial charge >= 0.3 is 6.03 Å². The number of ether oxygens (including phenoxy) is 1. The molecule has 2 fully saturated rings. The number of para-hydroxylation sites is 2. The molecule has 166 valence electrons. The van der Waals surface area contributed by atoms with E-state index in [-0.39, 0.29) is 12.5 Å². The third-order valence-electron chi connectivity index (χ3n) is 6.10. The number of guanidine groups is 1. The lowest BCUT2D eigenvalue weighted by Crippen LogP contribution is -2.64. The Hall–Kier alpha value is -2.97.